The molecule has 0 radical (unpaired) electrons. The first-order valence-corrected chi connectivity index (χ1v) is 21.9. The number of hydrogen-bond acceptors (Lipinski definition) is 8. The van der Waals surface area contributed by atoms with Crippen molar-refractivity contribution >= 4 is 27.7 Å². The number of amides is 1. The second kappa shape index (κ2) is 14.1. The van der Waals surface area contributed by atoms with Crippen LogP contribution in [0.15, 0.2) is 87.3 Å². The van der Waals surface area contributed by atoms with Crippen LogP contribution in [0.3, 0.4) is 0 Å². The third-order valence-electron chi connectivity index (χ3n) is 14.1. The Hall–Kier alpha value is -6.81. The van der Waals surface area contributed by atoms with Gasteiger partial charge < -0.3 is 14.2 Å². The first-order valence-electron chi connectivity index (χ1n) is 21.9. The second-order valence-electron chi connectivity index (χ2n) is 18.7. The monoisotopic (exact) mass is 864 g/mol. The number of benzene rings is 3. The third kappa shape index (κ3) is 6.01. The van der Waals surface area contributed by atoms with E-state index in [4.69, 9.17) is 14.4 Å². The van der Waals surface area contributed by atoms with Crippen LogP contribution in [-0.4, -0.2) is 73.0 Å². The number of ether oxygens (including phenoxy) is 1. The van der Waals surface area contributed by atoms with E-state index >= 15 is 9.18 Å². The summed E-state index contributed by atoms with van der Waals surface area (Å²) in [5, 5.41) is 15.5. The van der Waals surface area contributed by atoms with Gasteiger partial charge in [0.2, 0.25) is 0 Å². The number of H-pyrrole nitrogens is 1. The van der Waals surface area contributed by atoms with Gasteiger partial charge in [-0.2, -0.15) is 10.2 Å². The number of rotatable bonds is 7. The Morgan fingerprint density at radius 1 is 0.922 bits per heavy atom. The zero-order valence-electron chi connectivity index (χ0n) is 36.8. The molecule has 0 unspecified atom stereocenters. The zero-order chi connectivity index (χ0) is 44.6. The van der Waals surface area contributed by atoms with Crippen molar-refractivity contribution in [2.75, 3.05) is 13.2 Å². The topological polar surface area (TPSA) is 156 Å². The molecule has 2 aliphatic heterocycles. The van der Waals surface area contributed by atoms with Gasteiger partial charge >= 0.3 is 11.4 Å². The average Bonchev–Trinajstić information content (AvgIpc) is 3.89. The smallest absolute Gasteiger partial charge is 0.376 e. The van der Waals surface area contributed by atoms with Gasteiger partial charge in [-0.25, -0.2) is 18.7 Å². The minimum atomic E-state index is -0.825. The number of carbonyl (C=O) groups is 1. The Morgan fingerprint density at radius 2 is 1.67 bits per heavy atom. The van der Waals surface area contributed by atoms with Crippen molar-refractivity contribution in [3.8, 4) is 17.2 Å². The van der Waals surface area contributed by atoms with Crippen LogP contribution in [0.4, 0.5) is 4.39 Å². The van der Waals surface area contributed by atoms with Crippen molar-refractivity contribution in [1.82, 2.24) is 48.3 Å². The van der Waals surface area contributed by atoms with Crippen LogP contribution in [0.1, 0.15) is 103 Å². The molecule has 16 heteroatoms. The summed E-state index contributed by atoms with van der Waals surface area (Å²) in [6, 6.07) is 17.0. The molecule has 1 aliphatic carbocycles. The summed E-state index contributed by atoms with van der Waals surface area (Å²) in [6.45, 7) is 12.7. The highest BCUT2D eigenvalue weighted by molar-refractivity contribution is 6.00. The molecule has 15 nitrogen and oxygen atoms in total. The highest BCUT2D eigenvalue weighted by Gasteiger charge is 2.59. The number of nitrogens with one attached hydrogen (secondary N) is 1. The van der Waals surface area contributed by atoms with E-state index < -0.39 is 17.3 Å². The van der Waals surface area contributed by atoms with Gasteiger partial charge in [0.15, 0.2) is 5.82 Å². The number of carbonyl (C=O) groups excluding carboxylic acids is 1. The maximum Gasteiger partial charge on any atom is 0.438 e. The molecule has 7 heterocycles. The Bertz CT molecular complexity index is 3320. The predicted octanol–water partition coefficient (Wildman–Crippen LogP) is 7.30. The number of halogens is 1. The van der Waals surface area contributed by atoms with Crippen molar-refractivity contribution < 1.29 is 18.4 Å². The van der Waals surface area contributed by atoms with Crippen LogP contribution in [0, 0.1) is 25.6 Å². The number of aromatic nitrogens is 9. The molecule has 1 N–H and O–H groups in total. The van der Waals surface area contributed by atoms with Gasteiger partial charge in [-0.1, -0.05) is 18.1 Å². The number of nitrogens with zero attached hydrogens (tertiary/aromatic N) is 9. The lowest BCUT2D eigenvalue weighted by Crippen LogP contribution is -2.41. The Morgan fingerprint density at radius 3 is 2.39 bits per heavy atom. The average molecular weight is 865 g/mol. The van der Waals surface area contributed by atoms with E-state index in [9.17, 15) is 9.59 Å². The normalized spacial score (nSPS) is 21.8. The van der Waals surface area contributed by atoms with Crippen molar-refractivity contribution in [3.63, 3.8) is 0 Å². The van der Waals surface area contributed by atoms with Crippen molar-refractivity contribution in [2.45, 2.75) is 90.3 Å². The molecule has 1 saturated heterocycles. The molecule has 64 heavy (non-hydrogen) atoms. The molecule has 1 amide bonds. The number of hydrogen-bond donors (Lipinski definition) is 1. The largest absolute Gasteiger partial charge is 0.438 e. The highest BCUT2D eigenvalue weighted by Crippen LogP contribution is 2.56. The molecule has 5 aromatic heterocycles. The molecule has 3 aliphatic rings. The maximum atomic E-state index is 15.5. The maximum absolute atomic E-state index is 15.5. The summed E-state index contributed by atoms with van der Waals surface area (Å²) < 4.78 is 34.9. The first-order chi connectivity index (χ1) is 30.6. The predicted molar refractivity (Wildman–Crippen MR) is 237 cm³/mol. The molecule has 0 bridgehead atoms. The lowest BCUT2D eigenvalue weighted by Gasteiger charge is -2.35. The summed E-state index contributed by atoms with van der Waals surface area (Å²) in [5.74, 6) is -0.0185. The SMILES string of the molecule is Cc1cc(-n2nc3c(c2-n2ccn(-c4ccc5c(cnn5C)c4)c2=O)[C@H](C)N(C(=O)c2cc4cc([C@H]5CCOC(C)(C)C5)ccc4n2[C@@]2(c4noc(=O)[nH]4)C[C@@H]2C)CC3)cc(C)c1F. The van der Waals surface area contributed by atoms with E-state index in [-0.39, 0.29) is 34.9 Å². The minimum Gasteiger partial charge on any atom is -0.376 e. The van der Waals surface area contributed by atoms with Crippen LogP contribution < -0.4 is 11.4 Å². The molecule has 328 valence electrons. The number of imidazole rings is 1. The van der Waals surface area contributed by atoms with Gasteiger partial charge in [0.05, 0.1) is 40.4 Å². The molecule has 1 saturated carbocycles. The zero-order valence-corrected chi connectivity index (χ0v) is 36.8. The van der Waals surface area contributed by atoms with Crippen LogP contribution >= 0.6 is 0 Å². The van der Waals surface area contributed by atoms with E-state index in [0.29, 0.717) is 71.4 Å². The molecule has 4 atom stereocenters. The van der Waals surface area contributed by atoms with E-state index in [1.165, 1.54) is 5.56 Å². The van der Waals surface area contributed by atoms with Gasteiger partial charge in [0, 0.05) is 60.9 Å². The molecular weight excluding hydrogens is 816 g/mol. The first kappa shape index (κ1) is 40.0. The van der Waals surface area contributed by atoms with E-state index in [1.807, 2.05) is 43.1 Å². The van der Waals surface area contributed by atoms with Gasteiger partial charge in [-0.15, -0.1) is 0 Å². The van der Waals surface area contributed by atoms with E-state index in [2.05, 4.69) is 58.8 Å². The molecular formula is C48H49FN10O5. The minimum absolute atomic E-state index is 0.0268. The number of aromatic amines is 1. The fourth-order valence-electron chi connectivity index (χ4n) is 10.7. The Labute approximate surface area is 366 Å². The summed E-state index contributed by atoms with van der Waals surface area (Å²) in [6.07, 6.45) is 8.01. The van der Waals surface area contributed by atoms with Crippen LogP contribution in [0.5, 0.6) is 0 Å². The van der Waals surface area contributed by atoms with Gasteiger partial charge in [-0.05, 0) is 131 Å². The third-order valence-corrected chi connectivity index (χ3v) is 14.1. The summed E-state index contributed by atoms with van der Waals surface area (Å²) >= 11 is 0. The van der Waals surface area contributed by atoms with Crippen molar-refractivity contribution in [2.24, 2.45) is 13.0 Å². The van der Waals surface area contributed by atoms with E-state index in [0.717, 1.165) is 40.3 Å². The molecule has 8 aromatic rings. The van der Waals surface area contributed by atoms with Crippen molar-refractivity contribution in [3.05, 3.63) is 140 Å². The molecule has 2 fully saturated rings. The molecule has 3 aromatic carbocycles. The van der Waals surface area contributed by atoms with Gasteiger partial charge in [-0.3, -0.25) is 28.1 Å². The molecule has 0 spiro atoms. The van der Waals surface area contributed by atoms with Crippen LogP contribution in [0.25, 0.3) is 39.0 Å². The summed E-state index contributed by atoms with van der Waals surface area (Å²) in [5.41, 5.74) is 5.61. The fraction of sp³-hybridized carbons (Fsp3) is 0.375. The lowest BCUT2D eigenvalue weighted by atomic mass is 9.83. The van der Waals surface area contributed by atoms with Crippen LogP contribution in [-0.2, 0) is 23.7 Å². The van der Waals surface area contributed by atoms with Gasteiger partial charge in [0.1, 0.15) is 22.9 Å². The highest BCUT2D eigenvalue weighted by atomic mass is 19.1. The standard InChI is InChI=1S/C48H49FN10O5/c1-26-18-35(19-27(2)41(26)49)59-42(57-16-15-56(46(57)62)34-9-11-37-33(21-34)25-50-54(37)7)40-29(4)55(14-12-36(40)52-59)43(60)39-22-32-20-30(31-13-17-63-47(5,6)24-31)8-10-38(32)58(39)48(23-28(48)3)44-51-45(61)64-53-44/h8-11,15-16,18-22,25,28-29,31H,12-14,17,23-24H2,1-7H3,(H,51,53,61)/t28-,29-,31-,48-/m0/s1. The van der Waals surface area contributed by atoms with Crippen LogP contribution in [0.2, 0.25) is 0 Å². The second-order valence-corrected chi connectivity index (χ2v) is 18.7. The number of fused-ring (bicyclic) bond motifs is 3. The Balaban J connectivity index is 1.05. The van der Waals surface area contributed by atoms with E-state index in [1.54, 1.807) is 63.1 Å². The van der Waals surface area contributed by atoms with Gasteiger partial charge in [0.25, 0.3) is 5.91 Å². The molecule has 11 rings (SSSR count). The summed E-state index contributed by atoms with van der Waals surface area (Å²) in [4.78, 5) is 47.3. The lowest BCUT2D eigenvalue weighted by molar-refractivity contribution is -0.0592. The Kier molecular flexibility index (Phi) is 8.81. The summed E-state index contributed by atoms with van der Waals surface area (Å²) in [7, 11) is 1.87. The van der Waals surface area contributed by atoms with Crippen molar-refractivity contribution in [1.29, 1.82) is 0 Å². The fourth-order valence-corrected chi connectivity index (χ4v) is 10.7. The number of aryl methyl sites for hydroxylation is 3. The quantitative estimate of drug-likeness (QED) is 0.175.